The van der Waals surface area contributed by atoms with Gasteiger partial charge in [-0.2, -0.15) is 0 Å². The predicted molar refractivity (Wildman–Crippen MR) is 71.9 cm³/mol. The number of nitrogens with zero attached hydrogens (tertiary/aromatic N) is 2. The van der Waals surface area contributed by atoms with Gasteiger partial charge in [-0.05, 0) is 18.6 Å². The van der Waals surface area contributed by atoms with Crippen molar-refractivity contribution in [3.63, 3.8) is 0 Å². The lowest BCUT2D eigenvalue weighted by Crippen LogP contribution is -2.36. The molecule has 0 aliphatic rings. The first kappa shape index (κ1) is 15.9. The van der Waals surface area contributed by atoms with Gasteiger partial charge in [0.25, 0.3) is 5.91 Å². The maximum Gasteiger partial charge on any atom is 0.323 e. The van der Waals surface area contributed by atoms with Crippen LogP contribution < -0.4 is 0 Å². The second kappa shape index (κ2) is 6.85. The van der Waals surface area contributed by atoms with Crippen LogP contribution in [0.4, 0.5) is 5.69 Å². The van der Waals surface area contributed by atoms with E-state index in [-0.39, 0.29) is 17.1 Å². The van der Waals surface area contributed by atoms with E-state index < -0.39 is 29.0 Å². The van der Waals surface area contributed by atoms with Crippen molar-refractivity contribution < 1.29 is 19.6 Å². The van der Waals surface area contributed by atoms with Gasteiger partial charge in [0.05, 0.1) is 4.92 Å². The highest BCUT2D eigenvalue weighted by Gasteiger charge is 2.27. The summed E-state index contributed by atoms with van der Waals surface area (Å²) in [5, 5.41) is 19.6. The Morgan fingerprint density at radius 1 is 1.45 bits per heavy atom. The van der Waals surface area contributed by atoms with E-state index in [1.54, 1.807) is 6.92 Å². The average molecular weight is 301 g/mol. The van der Waals surface area contributed by atoms with Crippen LogP contribution in [0.2, 0.25) is 5.02 Å². The maximum absolute atomic E-state index is 12.2. The highest BCUT2D eigenvalue weighted by molar-refractivity contribution is 6.33. The fourth-order valence-corrected chi connectivity index (χ4v) is 1.97. The van der Waals surface area contributed by atoms with Crippen LogP contribution >= 0.6 is 11.6 Å². The molecule has 1 rings (SSSR count). The summed E-state index contributed by atoms with van der Waals surface area (Å²) in [6.45, 7) is 1.44. The van der Waals surface area contributed by atoms with Gasteiger partial charge >= 0.3 is 11.7 Å². The first-order valence-corrected chi connectivity index (χ1v) is 6.20. The summed E-state index contributed by atoms with van der Waals surface area (Å²) in [5.74, 6) is -1.90. The van der Waals surface area contributed by atoms with Crippen molar-refractivity contribution in [1.82, 2.24) is 4.90 Å². The molecule has 0 saturated heterocycles. The molecule has 0 spiro atoms. The van der Waals surface area contributed by atoms with Crippen molar-refractivity contribution in [2.45, 2.75) is 13.3 Å². The normalized spacial score (nSPS) is 10.1. The van der Waals surface area contributed by atoms with Crippen LogP contribution in [0.3, 0.4) is 0 Å². The number of para-hydroxylation sites is 1. The van der Waals surface area contributed by atoms with Gasteiger partial charge in [0.2, 0.25) is 0 Å². The van der Waals surface area contributed by atoms with Crippen LogP contribution in [-0.2, 0) is 4.79 Å². The molecule has 0 aromatic heterocycles. The molecule has 0 unspecified atom stereocenters. The Bertz CT molecular complexity index is 547. The van der Waals surface area contributed by atoms with E-state index in [1.165, 1.54) is 18.2 Å². The number of nitro benzene ring substituents is 1. The van der Waals surface area contributed by atoms with Crippen LogP contribution in [0.1, 0.15) is 23.7 Å². The first-order valence-electron chi connectivity index (χ1n) is 5.82. The minimum absolute atomic E-state index is 0.160. The lowest BCUT2D eigenvalue weighted by molar-refractivity contribution is -0.385. The summed E-state index contributed by atoms with van der Waals surface area (Å²) < 4.78 is 0. The summed E-state index contributed by atoms with van der Waals surface area (Å²) in [7, 11) is 0. The Labute approximate surface area is 119 Å². The van der Waals surface area contributed by atoms with Gasteiger partial charge in [-0.3, -0.25) is 19.7 Å². The number of aliphatic carboxylic acids is 1. The molecule has 0 saturated carbocycles. The topological polar surface area (TPSA) is 101 Å². The molecule has 0 heterocycles. The zero-order valence-corrected chi connectivity index (χ0v) is 11.5. The molecule has 1 aromatic carbocycles. The van der Waals surface area contributed by atoms with E-state index in [1.807, 2.05) is 0 Å². The number of carbonyl (C=O) groups is 2. The van der Waals surface area contributed by atoms with E-state index >= 15 is 0 Å². The van der Waals surface area contributed by atoms with Crippen molar-refractivity contribution in [3.8, 4) is 0 Å². The number of hydrogen-bond acceptors (Lipinski definition) is 4. The Kier molecular flexibility index (Phi) is 5.45. The highest BCUT2D eigenvalue weighted by Crippen LogP contribution is 2.29. The molecule has 1 aromatic rings. The monoisotopic (exact) mass is 300 g/mol. The molecule has 0 radical (unpaired) electrons. The Hall–Kier alpha value is -2.15. The third-order valence-corrected chi connectivity index (χ3v) is 2.81. The third-order valence-electron chi connectivity index (χ3n) is 2.51. The van der Waals surface area contributed by atoms with Gasteiger partial charge in [-0.25, -0.2) is 0 Å². The van der Waals surface area contributed by atoms with Gasteiger partial charge in [-0.15, -0.1) is 0 Å². The van der Waals surface area contributed by atoms with E-state index in [9.17, 15) is 19.7 Å². The van der Waals surface area contributed by atoms with Gasteiger partial charge in [0.1, 0.15) is 17.1 Å². The van der Waals surface area contributed by atoms with E-state index in [0.29, 0.717) is 6.42 Å². The average Bonchev–Trinajstić information content (AvgIpc) is 2.36. The van der Waals surface area contributed by atoms with Crippen LogP contribution in [-0.4, -0.2) is 39.9 Å². The zero-order valence-electron chi connectivity index (χ0n) is 10.7. The van der Waals surface area contributed by atoms with Gasteiger partial charge in [0, 0.05) is 6.54 Å². The molecule has 1 amide bonds. The molecule has 8 heteroatoms. The first-order chi connectivity index (χ1) is 9.38. The second-order valence-electron chi connectivity index (χ2n) is 4.01. The summed E-state index contributed by atoms with van der Waals surface area (Å²) >= 11 is 5.73. The Morgan fingerprint density at radius 2 is 2.10 bits per heavy atom. The summed E-state index contributed by atoms with van der Waals surface area (Å²) in [6, 6.07) is 3.97. The van der Waals surface area contributed by atoms with Gasteiger partial charge < -0.3 is 10.0 Å². The summed E-state index contributed by atoms with van der Waals surface area (Å²) in [6.07, 6.45) is 0.535. The molecule has 0 aliphatic heterocycles. The number of carboxylic acids is 1. The molecule has 0 atom stereocenters. The fraction of sp³-hybridized carbons (Fsp3) is 0.333. The van der Waals surface area contributed by atoms with Crippen molar-refractivity contribution in [3.05, 3.63) is 38.9 Å². The number of hydrogen-bond donors (Lipinski definition) is 1. The summed E-state index contributed by atoms with van der Waals surface area (Å²) in [4.78, 5) is 34.3. The maximum atomic E-state index is 12.2. The SMILES string of the molecule is CCCN(CC(=O)O)C(=O)c1cccc(Cl)c1[N+](=O)[O-]. The number of halogens is 1. The molecule has 108 valence electrons. The quantitative estimate of drug-likeness (QED) is 0.641. The number of nitro groups is 1. The lowest BCUT2D eigenvalue weighted by Gasteiger charge is -2.19. The molecule has 1 N–H and O–H groups in total. The van der Waals surface area contributed by atoms with Crippen molar-refractivity contribution in [2.75, 3.05) is 13.1 Å². The van der Waals surface area contributed by atoms with Crippen LogP contribution in [0.5, 0.6) is 0 Å². The van der Waals surface area contributed by atoms with Crippen LogP contribution in [0.15, 0.2) is 18.2 Å². The molecule has 7 nitrogen and oxygen atoms in total. The minimum Gasteiger partial charge on any atom is -0.480 e. The molecule has 0 fully saturated rings. The van der Waals surface area contributed by atoms with Gasteiger partial charge in [-0.1, -0.05) is 24.6 Å². The predicted octanol–water partition coefficient (Wildman–Crippen LogP) is 2.18. The largest absolute Gasteiger partial charge is 0.480 e. The lowest BCUT2D eigenvalue weighted by atomic mass is 10.1. The number of carbonyl (C=O) groups excluding carboxylic acids is 1. The molecular weight excluding hydrogens is 288 g/mol. The highest BCUT2D eigenvalue weighted by atomic mass is 35.5. The third kappa shape index (κ3) is 3.67. The van der Waals surface area contributed by atoms with Crippen molar-refractivity contribution in [2.24, 2.45) is 0 Å². The van der Waals surface area contributed by atoms with Gasteiger partial charge in [0.15, 0.2) is 0 Å². The van der Waals surface area contributed by atoms with E-state index in [2.05, 4.69) is 0 Å². The molecule has 20 heavy (non-hydrogen) atoms. The van der Waals surface area contributed by atoms with E-state index in [4.69, 9.17) is 16.7 Å². The van der Waals surface area contributed by atoms with Crippen LogP contribution in [0, 0.1) is 10.1 Å². The number of carboxylic acid groups (broad SMARTS) is 1. The minimum atomic E-state index is -1.18. The fourth-order valence-electron chi connectivity index (χ4n) is 1.73. The second-order valence-corrected chi connectivity index (χ2v) is 4.42. The summed E-state index contributed by atoms with van der Waals surface area (Å²) in [5.41, 5.74) is -0.720. The van der Waals surface area contributed by atoms with E-state index in [0.717, 1.165) is 4.90 Å². The number of benzene rings is 1. The zero-order chi connectivity index (χ0) is 15.3. The standard InChI is InChI=1S/C12H13ClN2O5/c1-2-6-14(7-10(16)17)12(18)8-4-3-5-9(13)11(8)15(19)20/h3-5H,2,6-7H2,1H3,(H,16,17). The smallest absolute Gasteiger partial charge is 0.323 e. The Balaban J connectivity index is 3.21. The number of rotatable bonds is 6. The Morgan fingerprint density at radius 3 is 2.60 bits per heavy atom. The van der Waals surface area contributed by atoms with Crippen LogP contribution in [0.25, 0.3) is 0 Å². The molecular formula is C12H13ClN2O5. The molecule has 0 bridgehead atoms. The van der Waals surface area contributed by atoms with Crippen molar-refractivity contribution >= 4 is 29.2 Å². The van der Waals surface area contributed by atoms with Crippen molar-refractivity contribution in [1.29, 1.82) is 0 Å². The molecule has 0 aliphatic carbocycles. The number of amides is 1.